The van der Waals surface area contributed by atoms with Crippen LogP contribution in [0.15, 0.2) is 18.2 Å². The number of hydrogen-bond donors (Lipinski definition) is 1. The highest BCUT2D eigenvalue weighted by atomic mass is 35.5. The Balaban J connectivity index is 2.74. The zero-order valence-corrected chi connectivity index (χ0v) is 9.49. The van der Waals surface area contributed by atoms with Gasteiger partial charge in [0, 0.05) is 5.02 Å². The second-order valence-corrected chi connectivity index (χ2v) is 3.79. The van der Waals surface area contributed by atoms with Crippen LogP contribution in [0.3, 0.4) is 0 Å². The van der Waals surface area contributed by atoms with Crippen molar-refractivity contribution in [2.75, 3.05) is 6.61 Å². The van der Waals surface area contributed by atoms with E-state index in [1.807, 2.05) is 19.1 Å². The molecule has 0 radical (unpaired) electrons. The zero-order valence-electron chi connectivity index (χ0n) is 7.92. The molecule has 0 aliphatic heterocycles. The van der Waals surface area contributed by atoms with Crippen LogP contribution in [0, 0.1) is 0 Å². The lowest BCUT2D eigenvalue weighted by molar-refractivity contribution is 0.377. The molecule has 2 nitrogen and oxygen atoms in total. The molecule has 0 amide bonds. The van der Waals surface area contributed by atoms with Crippen molar-refractivity contribution in [3.63, 3.8) is 0 Å². The number of rotatable bonds is 4. The molecule has 0 unspecified atom stereocenters. The highest BCUT2D eigenvalue weighted by Gasteiger charge is 2.01. The van der Waals surface area contributed by atoms with Gasteiger partial charge in [-0.15, -0.1) is 0 Å². The van der Waals surface area contributed by atoms with Crippen molar-refractivity contribution in [2.24, 2.45) is 5.73 Å². The van der Waals surface area contributed by atoms with Gasteiger partial charge in [-0.3, -0.25) is 0 Å². The predicted molar refractivity (Wildman–Crippen MR) is 63.1 cm³/mol. The fourth-order valence-electron chi connectivity index (χ4n) is 1.07. The van der Waals surface area contributed by atoms with Crippen LogP contribution < -0.4 is 10.5 Å². The number of aryl methyl sites for hydroxylation is 1. The van der Waals surface area contributed by atoms with Gasteiger partial charge in [0.05, 0.1) is 0 Å². The summed E-state index contributed by atoms with van der Waals surface area (Å²) in [5, 5.41) is 0.759. The number of thiocarbonyl (C=S) groups is 1. The van der Waals surface area contributed by atoms with Gasteiger partial charge in [0.2, 0.25) is 0 Å². The van der Waals surface area contributed by atoms with E-state index in [1.54, 1.807) is 6.07 Å². The van der Waals surface area contributed by atoms with Gasteiger partial charge in [-0.1, -0.05) is 30.7 Å². The van der Waals surface area contributed by atoms with Gasteiger partial charge in [-0.05, 0) is 30.2 Å². The Labute approximate surface area is 94.0 Å². The first-order valence-corrected chi connectivity index (χ1v) is 5.11. The molecular formula is C10H12ClNOS. The lowest BCUT2D eigenvalue weighted by Gasteiger charge is -2.07. The van der Waals surface area contributed by atoms with E-state index in [-0.39, 0.29) is 6.61 Å². The SMILES string of the molecule is CCc1cc(OCC(N)=S)ccc1Cl. The molecule has 0 bridgehead atoms. The molecule has 14 heavy (non-hydrogen) atoms. The van der Waals surface area contributed by atoms with E-state index in [9.17, 15) is 0 Å². The summed E-state index contributed by atoms with van der Waals surface area (Å²) in [4.78, 5) is 0.345. The monoisotopic (exact) mass is 229 g/mol. The van der Waals surface area contributed by atoms with E-state index < -0.39 is 0 Å². The molecule has 0 heterocycles. The minimum atomic E-state index is 0.264. The third-order valence-electron chi connectivity index (χ3n) is 1.78. The van der Waals surface area contributed by atoms with Crippen LogP contribution in [0.25, 0.3) is 0 Å². The molecule has 0 aliphatic rings. The molecule has 0 fully saturated rings. The van der Waals surface area contributed by atoms with Crippen molar-refractivity contribution in [1.29, 1.82) is 0 Å². The molecule has 1 rings (SSSR count). The third kappa shape index (κ3) is 3.16. The first-order chi connectivity index (χ1) is 6.63. The van der Waals surface area contributed by atoms with Crippen molar-refractivity contribution >= 4 is 28.8 Å². The molecule has 0 aliphatic carbocycles. The highest BCUT2D eigenvalue weighted by molar-refractivity contribution is 7.80. The van der Waals surface area contributed by atoms with Crippen LogP contribution in [0.2, 0.25) is 5.02 Å². The minimum absolute atomic E-state index is 0.264. The van der Waals surface area contributed by atoms with Crippen molar-refractivity contribution in [1.82, 2.24) is 0 Å². The van der Waals surface area contributed by atoms with Crippen LogP contribution in [-0.4, -0.2) is 11.6 Å². The van der Waals surface area contributed by atoms with Crippen molar-refractivity contribution in [2.45, 2.75) is 13.3 Å². The Kier molecular flexibility index (Phi) is 4.17. The molecule has 0 atom stereocenters. The lowest BCUT2D eigenvalue weighted by Crippen LogP contribution is -2.17. The number of nitrogens with two attached hydrogens (primary N) is 1. The van der Waals surface area contributed by atoms with E-state index >= 15 is 0 Å². The summed E-state index contributed by atoms with van der Waals surface area (Å²) in [7, 11) is 0. The van der Waals surface area contributed by atoms with Gasteiger partial charge in [0.15, 0.2) is 0 Å². The van der Waals surface area contributed by atoms with Crippen LogP contribution in [-0.2, 0) is 6.42 Å². The first-order valence-electron chi connectivity index (χ1n) is 4.33. The van der Waals surface area contributed by atoms with Gasteiger partial charge < -0.3 is 10.5 Å². The average molecular weight is 230 g/mol. The molecule has 4 heteroatoms. The molecule has 0 aromatic heterocycles. The topological polar surface area (TPSA) is 35.2 Å². The first kappa shape index (κ1) is 11.3. The van der Waals surface area contributed by atoms with Crippen LogP contribution in [0.4, 0.5) is 0 Å². The number of benzene rings is 1. The summed E-state index contributed by atoms with van der Waals surface area (Å²) in [5.74, 6) is 0.749. The summed E-state index contributed by atoms with van der Waals surface area (Å²) in [6.45, 7) is 2.30. The average Bonchev–Trinajstić information content (AvgIpc) is 2.16. The Morgan fingerprint density at radius 2 is 2.29 bits per heavy atom. The van der Waals surface area contributed by atoms with E-state index in [0.29, 0.717) is 4.99 Å². The van der Waals surface area contributed by atoms with E-state index in [0.717, 1.165) is 22.8 Å². The predicted octanol–water partition coefficient (Wildman–Crippen LogP) is 2.57. The van der Waals surface area contributed by atoms with Crippen molar-refractivity contribution < 1.29 is 4.74 Å². The Hall–Kier alpha value is -0.800. The summed E-state index contributed by atoms with van der Waals surface area (Å²) >= 11 is 10.7. The molecule has 0 saturated carbocycles. The van der Waals surface area contributed by atoms with Gasteiger partial charge in [-0.2, -0.15) is 0 Å². The molecule has 0 spiro atoms. The maximum Gasteiger partial charge on any atom is 0.138 e. The van der Waals surface area contributed by atoms with Crippen molar-refractivity contribution in [3.8, 4) is 5.75 Å². The molecule has 76 valence electrons. The van der Waals surface area contributed by atoms with E-state index in [1.165, 1.54) is 0 Å². The normalized spacial score (nSPS) is 9.86. The summed E-state index contributed by atoms with van der Waals surface area (Å²) < 4.78 is 5.34. The number of ether oxygens (including phenoxy) is 1. The molecule has 1 aromatic carbocycles. The maximum atomic E-state index is 5.95. The van der Waals surface area contributed by atoms with Crippen LogP contribution in [0.5, 0.6) is 5.75 Å². The fraction of sp³-hybridized carbons (Fsp3) is 0.300. The summed E-state index contributed by atoms with van der Waals surface area (Å²) in [6.07, 6.45) is 0.878. The fourth-order valence-corrected chi connectivity index (χ4v) is 1.38. The second-order valence-electron chi connectivity index (χ2n) is 2.86. The third-order valence-corrected chi connectivity index (χ3v) is 2.27. The van der Waals surface area contributed by atoms with Crippen LogP contribution >= 0.6 is 23.8 Å². The summed E-state index contributed by atoms with van der Waals surface area (Å²) in [5.41, 5.74) is 6.38. The molecular weight excluding hydrogens is 218 g/mol. The highest BCUT2D eigenvalue weighted by Crippen LogP contribution is 2.22. The smallest absolute Gasteiger partial charge is 0.138 e. The number of hydrogen-bond acceptors (Lipinski definition) is 2. The minimum Gasteiger partial charge on any atom is -0.486 e. The Morgan fingerprint density at radius 3 is 2.86 bits per heavy atom. The summed E-state index contributed by atoms with van der Waals surface area (Å²) in [6, 6.07) is 5.52. The largest absolute Gasteiger partial charge is 0.486 e. The van der Waals surface area contributed by atoms with Gasteiger partial charge in [-0.25, -0.2) is 0 Å². The van der Waals surface area contributed by atoms with E-state index in [4.69, 9.17) is 34.3 Å². The maximum absolute atomic E-state index is 5.95. The van der Waals surface area contributed by atoms with Crippen molar-refractivity contribution in [3.05, 3.63) is 28.8 Å². The molecule has 1 aromatic rings. The molecule has 0 saturated heterocycles. The quantitative estimate of drug-likeness (QED) is 0.807. The van der Waals surface area contributed by atoms with E-state index in [2.05, 4.69) is 0 Å². The Morgan fingerprint density at radius 1 is 1.57 bits per heavy atom. The van der Waals surface area contributed by atoms with Crippen LogP contribution in [0.1, 0.15) is 12.5 Å². The Bertz CT molecular complexity index is 341. The van der Waals surface area contributed by atoms with Gasteiger partial charge in [0.25, 0.3) is 0 Å². The molecule has 2 N–H and O–H groups in total. The van der Waals surface area contributed by atoms with Gasteiger partial charge in [0.1, 0.15) is 17.3 Å². The number of halogens is 1. The standard InChI is InChI=1S/C10H12ClNOS/c1-2-7-5-8(3-4-9(7)11)13-6-10(12)14/h3-5H,2,6H2,1H3,(H2,12,14). The zero-order chi connectivity index (χ0) is 10.6. The lowest BCUT2D eigenvalue weighted by atomic mass is 10.1. The second kappa shape index (κ2) is 5.17. The van der Waals surface area contributed by atoms with Gasteiger partial charge >= 0.3 is 0 Å².